The first-order valence-electron chi connectivity index (χ1n) is 7.91. The van der Waals surface area contributed by atoms with Gasteiger partial charge in [0.25, 0.3) is 0 Å². The highest BCUT2D eigenvalue weighted by Crippen LogP contribution is 2.29. The zero-order chi connectivity index (χ0) is 15.1. The summed E-state index contributed by atoms with van der Waals surface area (Å²) < 4.78 is 11.1. The molecule has 0 saturated heterocycles. The molecule has 1 aliphatic carbocycles. The highest BCUT2D eigenvalue weighted by Gasteiger charge is 2.08. The van der Waals surface area contributed by atoms with Gasteiger partial charge in [-0.25, -0.2) is 0 Å². The summed E-state index contributed by atoms with van der Waals surface area (Å²) in [6.45, 7) is 5.95. The molecule has 1 N–H and O–H groups in total. The molecule has 0 spiro atoms. The van der Waals surface area contributed by atoms with E-state index < -0.39 is 0 Å². The Kier molecular flexibility index (Phi) is 6.12. The van der Waals surface area contributed by atoms with E-state index in [1.165, 1.54) is 31.2 Å². The molecule has 2 rings (SSSR count). The predicted octanol–water partition coefficient (Wildman–Crippen LogP) is 4.07. The molecular formula is C18H27NO2. The van der Waals surface area contributed by atoms with Crippen molar-refractivity contribution >= 4 is 0 Å². The van der Waals surface area contributed by atoms with Crippen molar-refractivity contribution < 1.29 is 9.47 Å². The molecule has 0 atom stereocenters. The van der Waals surface area contributed by atoms with Crippen LogP contribution in [0.3, 0.4) is 0 Å². The average molecular weight is 289 g/mol. The molecule has 1 aromatic carbocycles. The van der Waals surface area contributed by atoms with E-state index in [-0.39, 0.29) is 6.10 Å². The Balaban J connectivity index is 1.82. The van der Waals surface area contributed by atoms with Gasteiger partial charge in [0.05, 0.1) is 13.2 Å². The van der Waals surface area contributed by atoms with Crippen molar-refractivity contribution in [2.45, 2.75) is 52.2 Å². The molecule has 1 aliphatic rings. The van der Waals surface area contributed by atoms with Crippen molar-refractivity contribution in [3.63, 3.8) is 0 Å². The summed E-state index contributed by atoms with van der Waals surface area (Å²) >= 11 is 0. The molecule has 21 heavy (non-hydrogen) atoms. The molecule has 0 bridgehead atoms. The predicted molar refractivity (Wildman–Crippen MR) is 87.0 cm³/mol. The monoisotopic (exact) mass is 289 g/mol. The number of hydrogen-bond donors (Lipinski definition) is 1. The minimum absolute atomic E-state index is 0.155. The minimum atomic E-state index is 0.155. The highest BCUT2D eigenvalue weighted by molar-refractivity contribution is 5.43. The first kappa shape index (κ1) is 15.9. The lowest BCUT2D eigenvalue weighted by Gasteiger charge is -2.14. The summed E-state index contributed by atoms with van der Waals surface area (Å²) in [5.74, 6) is 1.62. The van der Waals surface area contributed by atoms with E-state index in [1.54, 1.807) is 12.7 Å². The third-order valence-electron chi connectivity index (χ3n) is 3.68. The second-order valence-electron chi connectivity index (χ2n) is 5.83. The van der Waals surface area contributed by atoms with E-state index in [0.717, 1.165) is 24.6 Å². The molecule has 0 aromatic heterocycles. The van der Waals surface area contributed by atoms with Crippen LogP contribution in [0.1, 0.15) is 45.1 Å². The van der Waals surface area contributed by atoms with Crippen LogP contribution in [-0.4, -0.2) is 19.8 Å². The number of hydrogen-bond acceptors (Lipinski definition) is 3. The molecule has 1 aromatic rings. The summed E-state index contributed by atoms with van der Waals surface area (Å²) in [6, 6.07) is 6.15. The van der Waals surface area contributed by atoms with Crippen LogP contribution in [-0.2, 0) is 6.54 Å². The zero-order valence-corrected chi connectivity index (χ0v) is 13.4. The fraction of sp³-hybridized carbons (Fsp3) is 0.556. The van der Waals surface area contributed by atoms with Gasteiger partial charge in [-0.1, -0.05) is 17.7 Å². The van der Waals surface area contributed by atoms with Gasteiger partial charge in [-0.2, -0.15) is 0 Å². The van der Waals surface area contributed by atoms with Crippen LogP contribution < -0.4 is 14.8 Å². The van der Waals surface area contributed by atoms with Gasteiger partial charge in [0, 0.05) is 6.54 Å². The number of benzene rings is 1. The van der Waals surface area contributed by atoms with E-state index in [9.17, 15) is 0 Å². The summed E-state index contributed by atoms with van der Waals surface area (Å²) in [7, 11) is 1.69. The fourth-order valence-corrected chi connectivity index (χ4v) is 2.62. The molecule has 0 amide bonds. The van der Waals surface area contributed by atoms with Crippen LogP contribution in [0.2, 0.25) is 0 Å². The van der Waals surface area contributed by atoms with Crippen LogP contribution in [0.15, 0.2) is 29.8 Å². The fourth-order valence-electron chi connectivity index (χ4n) is 2.62. The minimum Gasteiger partial charge on any atom is -0.493 e. The Labute approximate surface area is 128 Å². The molecule has 0 radical (unpaired) electrons. The lowest BCUT2D eigenvalue weighted by molar-refractivity contribution is 0.230. The highest BCUT2D eigenvalue weighted by atomic mass is 16.5. The van der Waals surface area contributed by atoms with Crippen molar-refractivity contribution in [2.24, 2.45) is 0 Å². The van der Waals surface area contributed by atoms with Crippen molar-refractivity contribution in [3.8, 4) is 11.5 Å². The second kappa shape index (κ2) is 8.08. The molecular weight excluding hydrogens is 262 g/mol. The SMILES string of the molecule is COc1cc(CNCCC2=CCCC2)ccc1OC(C)C. The molecule has 0 saturated carbocycles. The Morgan fingerprint density at radius 2 is 2.10 bits per heavy atom. The van der Waals surface area contributed by atoms with Gasteiger partial charge in [-0.3, -0.25) is 0 Å². The lowest BCUT2D eigenvalue weighted by Crippen LogP contribution is -2.15. The summed E-state index contributed by atoms with van der Waals surface area (Å²) in [5, 5.41) is 3.50. The van der Waals surface area contributed by atoms with Gasteiger partial charge in [-0.05, 0) is 63.8 Å². The smallest absolute Gasteiger partial charge is 0.161 e. The van der Waals surface area contributed by atoms with Gasteiger partial charge in [0.15, 0.2) is 11.5 Å². The molecule has 0 unspecified atom stereocenters. The van der Waals surface area contributed by atoms with Crippen LogP contribution >= 0.6 is 0 Å². The molecule has 0 fully saturated rings. The maximum absolute atomic E-state index is 5.73. The van der Waals surface area contributed by atoms with E-state index >= 15 is 0 Å². The Hall–Kier alpha value is -1.48. The molecule has 0 aliphatic heterocycles. The summed E-state index contributed by atoms with van der Waals surface area (Å²) in [5.41, 5.74) is 2.84. The molecule has 116 valence electrons. The van der Waals surface area contributed by atoms with E-state index in [1.807, 2.05) is 19.9 Å². The van der Waals surface area contributed by atoms with Gasteiger partial charge < -0.3 is 14.8 Å². The topological polar surface area (TPSA) is 30.5 Å². The van der Waals surface area contributed by atoms with Crippen LogP contribution in [0.25, 0.3) is 0 Å². The molecule has 3 heteroatoms. The van der Waals surface area contributed by atoms with E-state index in [4.69, 9.17) is 9.47 Å². The maximum Gasteiger partial charge on any atom is 0.161 e. The standard InChI is InChI=1S/C18H27NO2/c1-14(2)21-17-9-8-16(12-18(17)20-3)13-19-11-10-15-6-4-5-7-15/h6,8-9,12,14,19H,4-5,7,10-11,13H2,1-3H3. The maximum atomic E-state index is 5.73. The zero-order valence-electron chi connectivity index (χ0n) is 13.4. The van der Waals surface area contributed by atoms with Crippen LogP contribution in [0.5, 0.6) is 11.5 Å². The Bertz CT molecular complexity index is 480. The van der Waals surface area contributed by atoms with Crippen molar-refractivity contribution in [1.29, 1.82) is 0 Å². The number of ether oxygens (including phenoxy) is 2. The van der Waals surface area contributed by atoms with E-state index in [0.29, 0.717) is 0 Å². The normalized spacial score (nSPS) is 14.4. The number of nitrogens with one attached hydrogen (secondary N) is 1. The Morgan fingerprint density at radius 3 is 2.76 bits per heavy atom. The largest absolute Gasteiger partial charge is 0.493 e. The van der Waals surface area contributed by atoms with Gasteiger partial charge in [-0.15, -0.1) is 0 Å². The lowest BCUT2D eigenvalue weighted by atomic mass is 10.1. The summed E-state index contributed by atoms with van der Waals surface area (Å²) in [4.78, 5) is 0. The number of rotatable bonds is 8. The molecule has 0 heterocycles. The second-order valence-corrected chi connectivity index (χ2v) is 5.83. The van der Waals surface area contributed by atoms with Crippen LogP contribution in [0.4, 0.5) is 0 Å². The average Bonchev–Trinajstić information content (AvgIpc) is 2.97. The quantitative estimate of drug-likeness (QED) is 0.578. The molecule has 3 nitrogen and oxygen atoms in total. The van der Waals surface area contributed by atoms with Crippen molar-refractivity contribution in [2.75, 3.05) is 13.7 Å². The van der Waals surface area contributed by atoms with Gasteiger partial charge in [0.1, 0.15) is 0 Å². The summed E-state index contributed by atoms with van der Waals surface area (Å²) in [6.07, 6.45) is 7.61. The third kappa shape index (κ3) is 5.09. The van der Waals surface area contributed by atoms with Crippen molar-refractivity contribution in [3.05, 3.63) is 35.4 Å². The first-order valence-corrected chi connectivity index (χ1v) is 7.91. The van der Waals surface area contributed by atoms with Crippen LogP contribution in [0, 0.1) is 0 Å². The number of methoxy groups -OCH3 is 1. The first-order chi connectivity index (χ1) is 10.2. The van der Waals surface area contributed by atoms with Crippen molar-refractivity contribution in [1.82, 2.24) is 5.32 Å². The van der Waals surface area contributed by atoms with E-state index in [2.05, 4.69) is 23.5 Å². The Morgan fingerprint density at radius 1 is 1.24 bits per heavy atom. The number of allylic oxidation sites excluding steroid dienone is 1. The van der Waals surface area contributed by atoms with Gasteiger partial charge in [0.2, 0.25) is 0 Å². The van der Waals surface area contributed by atoms with Gasteiger partial charge >= 0.3 is 0 Å². The third-order valence-corrected chi connectivity index (χ3v) is 3.68.